The lowest BCUT2D eigenvalue weighted by Crippen LogP contribution is -2.55. The third kappa shape index (κ3) is 1.95. The maximum absolute atomic E-state index is 5.82. The van der Waals surface area contributed by atoms with Gasteiger partial charge >= 0.3 is 0 Å². The zero-order valence-corrected chi connectivity index (χ0v) is 9.05. The summed E-state index contributed by atoms with van der Waals surface area (Å²) >= 11 is 0. The zero-order valence-electron chi connectivity index (χ0n) is 9.05. The highest BCUT2D eigenvalue weighted by atomic mass is 16.5. The summed E-state index contributed by atoms with van der Waals surface area (Å²) in [5.74, 6) is 0. The lowest BCUT2D eigenvalue weighted by atomic mass is 9.80. The summed E-state index contributed by atoms with van der Waals surface area (Å²) in [6.07, 6.45) is 6.51. The van der Waals surface area contributed by atoms with Gasteiger partial charge in [-0.2, -0.15) is 0 Å². The van der Waals surface area contributed by atoms with Gasteiger partial charge in [0, 0.05) is 20.2 Å². The van der Waals surface area contributed by atoms with E-state index in [-0.39, 0.29) is 11.7 Å². The van der Waals surface area contributed by atoms with Crippen molar-refractivity contribution in [3.63, 3.8) is 0 Å². The van der Waals surface area contributed by atoms with Gasteiger partial charge in [-0.1, -0.05) is 19.3 Å². The molecule has 1 N–H and O–H groups in total. The minimum absolute atomic E-state index is 0.00563. The second-order valence-electron chi connectivity index (χ2n) is 4.39. The van der Waals surface area contributed by atoms with Crippen molar-refractivity contribution in [2.75, 3.05) is 26.8 Å². The van der Waals surface area contributed by atoms with Crippen LogP contribution in [0.2, 0.25) is 0 Å². The van der Waals surface area contributed by atoms with Gasteiger partial charge in [-0.3, -0.25) is 0 Å². The summed E-state index contributed by atoms with van der Waals surface area (Å²) in [7, 11) is 1.84. The molecule has 0 aromatic heterocycles. The van der Waals surface area contributed by atoms with Gasteiger partial charge in [0.25, 0.3) is 0 Å². The summed E-state index contributed by atoms with van der Waals surface area (Å²) in [5, 5.41) is 3.39. The molecule has 2 aliphatic rings. The van der Waals surface area contributed by atoms with Gasteiger partial charge in [-0.25, -0.2) is 0 Å². The Hall–Kier alpha value is -0.120. The third-order valence-electron chi connectivity index (χ3n) is 3.62. The maximum Gasteiger partial charge on any atom is 0.0989 e. The van der Waals surface area contributed by atoms with E-state index in [0.29, 0.717) is 0 Å². The average molecular weight is 199 g/mol. The molecular formula is C11H21NO2. The van der Waals surface area contributed by atoms with Crippen LogP contribution in [0.1, 0.15) is 32.1 Å². The van der Waals surface area contributed by atoms with Crippen LogP contribution in [-0.2, 0) is 9.47 Å². The largest absolute Gasteiger partial charge is 0.375 e. The third-order valence-corrected chi connectivity index (χ3v) is 3.62. The van der Waals surface area contributed by atoms with Gasteiger partial charge in [0.05, 0.1) is 18.3 Å². The van der Waals surface area contributed by atoms with Crippen molar-refractivity contribution in [3.8, 4) is 0 Å². The van der Waals surface area contributed by atoms with Crippen LogP contribution in [0.15, 0.2) is 0 Å². The van der Waals surface area contributed by atoms with E-state index < -0.39 is 0 Å². The quantitative estimate of drug-likeness (QED) is 0.727. The molecule has 0 aromatic rings. The normalized spacial score (nSPS) is 32.8. The van der Waals surface area contributed by atoms with E-state index in [1.54, 1.807) is 0 Å². The van der Waals surface area contributed by atoms with Gasteiger partial charge < -0.3 is 14.8 Å². The smallest absolute Gasteiger partial charge is 0.0989 e. The monoisotopic (exact) mass is 199 g/mol. The van der Waals surface area contributed by atoms with E-state index in [0.717, 1.165) is 32.5 Å². The van der Waals surface area contributed by atoms with E-state index in [1.165, 1.54) is 19.3 Å². The predicted octanol–water partition coefficient (Wildman–Crippen LogP) is 1.32. The lowest BCUT2D eigenvalue weighted by Gasteiger charge is -2.43. The van der Waals surface area contributed by atoms with Gasteiger partial charge in [-0.05, 0) is 12.8 Å². The van der Waals surface area contributed by atoms with Crippen molar-refractivity contribution in [1.82, 2.24) is 5.32 Å². The summed E-state index contributed by atoms with van der Waals surface area (Å²) in [6.45, 7) is 2.76. The van der Waals surface area contributed by atoms with Crippen molar-refractivity contribution in [2.24, 2.45) is 0 Å². The van der Waals surface area contributed by atoms with E-state index in [2.05, 4.69) is 5.32 Å². The van der Waals surface area contributed by atoms with Gasteiger partial charge in [0.1, 0.15) is 0 Å². The Morgan fingerprint density at radius 1 is 1.29 bits per heavy atom. The van der Waals surface area contributed by atoms with E-state index in [9.17, 15) is 0 Å². The molecule has 0 bridgehead atoms. The summed E-state index contributed by atoms with van der Waals surface area (Å²) < 4.78 is 11.6. The molecule has 0 amide bonds. The van der Waals surface area contributed by atoms with E-state index in [1.807, 2.05) is 7.11 Å². The van der Waals surface area contributed by atoms with Crippen LogP contribution in [0, 0.1) is 0 Å². The van der Waals surface area contributed by atoms with Crippen molar-refractivity contribution in [3.05, 3.63) is 0 Å². The molecule has 2 fully saturated rings. The number of hydrogen-bond acceptors (Lipinski definition) is 3. The molecule has 3 nitrogen and oxygen atoms in total. The molecular weight excluding hydrogens is 178 g/mol. The number of morpholine rings is 1. The molecule has 1 atom stereocenters. The Bertz CT molecular complexity index is 172. The molecule has 1 aliphatic heterocycles. The van der Waals surface area contributed by atoms with Crippen LogP contribution in [0.3, 0.4) is 0 Å². The fourth-order valence-electron chi connectivity index (χ4n) is 2.71. The maximum atomic E-state index is 5.82. The first-order chi connectivity index (χ1) is 6.87. The van der Waals surface area contributed by atoms with Gasteiger partial charge in [0.15, 0.2) is 0 Å². The molecule has 1 aliphatic carbocycles. The Kier molecular flexibility index (Phi) is 3.42. The summed E-state index contributed by atoms with van der Waals surface area (Å²) in [4.78, 5) is 0. The van der Waals surface area contributed by atoms with Crippen LogP contribution in [0.25, 0.3) is 0 Å². The van der Waals surface area contributed by atoms with E-state index in [4.69, 9.17) is 9.47 Å². The van der Waals surface area contributed by atoms with Crippen molar-refractivity contribution < 1.29 is 9.47 Å². The predicted molar refractivity (Wildman–Crippen MR) is 55.4 cm³/mol. The molecule has 0 radical (unpaired) electrons. The minimum atomic E-state index is 0.00563. The van der Waals surface area contributed by atoms with E-state index >= 15 is 0 Å². The highest BCUT2D eigenvalue weighted by Gasteiger charge is 2.41. The van der Waals surface area contributed by atoms with Crippen LogP contribution >= 0.6 is 0 Å². The standard InChI is InChI=1S/C11H21NO2/c1-13-11(5-3-2-4-6-11)10-9-12-7-8-14-10/h10,12H,2-9H2,1H3. The Balaban J connectivity index is 2.01. The van der Waals surface area contributed by atoms with Crippen LogP contribution < -0.4 is 5.32 Å². The molecule has 1 saturated heterocycles. The van der Waals surface area contributed by atoms with Crippen molar-refractivity contribution >= 4 is 0 Å². The first kappa shape index (κ1) is 10.4. The molecule has 3 heteroatoms. The van der Waals surface area contributed by atoms with Crippen LogP contribution in [-0.4, -0.2) is 38.5 Å². The number of hydrogen-bond donors (Lipinski definition) is 1. The number of nitrogens with one attached hydrogen (secondary N) is 1. The fraction of sp³-hybridized carbons (Fsp3) is 1.00. The van der Waals surface area contributed by atoms with Crippen LogP contribution in [0.5, 0.6) is 0 Å². The molecule has 1 unspecified atom stereocenters. The summed E-state index contributed by atoms with van der Waals surface area (Å²) in [5.41, 5.74) is 0.00563. The van der Waals surface area contributed by atoms with Gasteiger partial charge in [-0.15, -0.1) is 0 Å². The first-order valence-electron chi connectivity index (χ1n) is 5.75. The Morgan fingerprint density at radius 3 is 2.64 bits per heavy atom. The number of rotatable bonds is 2. The number of ether oxygens (including phenoxy) is 2. The second kappa shape index (κ2) is 4.60. The molecule has 1 heterocycles. The molecule has 2 rings (SSSR count). The molecule has 14 heavy (non-hydrogen) atoms. The van der Waals surface area contributed by atoms with Crippen LogP contribution in [0.4, 0.5) is 0 Å². The zero-order chi connectivity index (χ0) is 9.86. The highest BCUT2D eigenvalue weighted by molar-refractivity contribution is 4.94. The SMILES string of the molecule is COC1(C2CNCCO2)CCCCC1. The second-order valence-corrected chi connectivity index (χ2v) is 4.39. The minimum Gasteiger partial charge on any atom is -0.375 e. The molecule has 0 spiro atoms. The first-order valence-corrected chi connectivity index (χ1v) is 5.75. The molecule has 1 saturated carbocycles. The molecule has 0 aromatic carbocycles. The summed E-state index contributed by atoms with van der Waals surface area (Å²) in [6, 6.07) is 0. The van der Waals surface area contributed by atoms with Crippen molar-refractivity contribution in [2.45, 2.75) is 43.8 Å². The fourth-order valence-corrected chi connectivity index (χ4v) is 2.71. The molecule has 82 valence electrons. The number of methoxy groups -OCH3 is 1. The Morgan fingerprint density at radius 2 is 2.07 bits per heavy atom. The van der Waals surface area contributed by atoms with Gasteiger partial charge in [0.2, 0.25) is 0 Å². The van der Waals surface area contributed by atoms with Crippen molar-refractivity contribution in [1.29, 1.82) is 0 Å². The Labute approximate surface area is 86.2 Å². The lowest BCUT2D eigenvalue weighted by molar-refractivity contribution is -0.153. The highest BCUT2D eigenvalue weighted by Crippen LogP contribution is 2.35. The topological polar surface area (TPSA) is 30.5 Å². The average Bonchev–Trinajstić information content (AvgIpc) is 2.31.